The number of alkyl carbamates (subject to hydrolysis) is 1. The van der Waals surface area contributed by atoms with Crippen LogP contribution >= 0.6 is 0 Å². The lowest BCUT2D eigenvalue weighted by Gasteiger charge is -2.16. The molecule has 3 aromatic carbocycles. The van der Waals surface area contributed by atoms with Crippen molar-refractivity contribution in [2.24, 2.45) is 0 Å². The Kier molecular flexibility index (Phi) is 14.3. The third kappa shape index (κ3) is 12.2. The van der Waals surface area contributed by atoms with Crippen LogP contribution in [0.1, 0.15) is 41.7 Å². The summed E-state index contributed by atoms with van der Waals surface area (Å²) >= 11 is 0. The molecule has 0 bridgehead atoms. The fourth-order valence-electron chi connectivity index (χ4n) is 3.93. The highest BCUT2D eigenvalue weighted by Gasteiger charge is 2.23. The second-order valence-corrected chi connectivity index (χ2v) is 9.62. The van der Waals surface area contributed by atoms with Gasteiger partial charge in [-0.25, -0.2) is 14.4 Å². The number of methoxy groups -OCH3 is 2. The van der Waals surface area contributed by atoms with E-state index in [1.54, 1.807) is 0 Å². The number of ether oxygens (including phenoxy) is 3. The molecule has 0 saturated heterocycles. The van der Waals surface area contributed by atoms with Crippen molar-refractivity contribution in [1.29, 1.82) is 0 Å². The average molecular weight is 577 g/mol. The smallest absolute Gasteiger partial charge is 0.408 e. The zero-order valence-electron chi connectivity index (χ0n) is 24.8. The van der Waals surface area contributed by atoms with Gasteiger partial charge >= 0.3 is 18.0 Å². The Morgan fingerprint density at radius 3 is 1.62 bits per heavy atom. The molecule has 2 N–H and O–H groups in total. The van der Waals surface area contributed by atoms with Crippen LogP contribution in [0.4, 0.5) is 4.79 Å². The molecule has 0 aliphatic heterocycles. The number of esters is 2. The summed E-state index contributed by atoms with van der Waals surface area (Å²) in [7, 11) is 2.61. The Hall–Kier alpha value is -4.66. The first-order chi connectivity index (χ1) is 20.1. The molecule has 2 atom stereocenters. The van der Waals surface area contributed by atoms with E-state index in [2.05, 4.69) is 22.3 Å². The number of carbonyl (C=O) groups is 4. The minimum absolute atomic E-state index is 0.145. The van der Waals surface area contributed by atoms with Gasteiger partial charge in [0.1, 0.15) is 18.7 Å². The molecular formula is C33H40N2O7. The van der Waals surface area contributed by atoms with E-state index in [4.69, 9.17) is 9.47 Å². The van der Waals surface area contributed by atoms with E-state index < -0.39 is 30.1 Å². The molecule has 9 nitrogen and oxygen atoms in total. The SMILES string of the molecule is CCc1ccc(CC(NC(=O)OCc2ccccc2)C(=O)OC)cc1.COC(=O)C(Cc1ccc(C)cc1)NC(C)=O. The van der Waals surface area contributed by atoms with Gasteiger partial charge in [0.2, 0.25) is 5.91 Å². The van der Waals surface area contributed by atoms with Gasteiger partial charge in [0.05, 0.1) is 14.2 Å². The Morgan fingerprint density at radius 1 is 0.667 bits per heavy atom. The fraction of sp³-hybridized carbons (Fsp3) is 0.333. The summed E-state index contributed by atoms with van der Waals surface area (Å²) in [5, 5.41) is 5.16. The summed E-state index contributed by atoms with van der Waals surface area (Å²) in [6.45, 7) is 5.60. The molecule has 42 heavy (non-hydrogen) atoms. The number of hydrogen-bond acceptors (Lipinski definition) is 7. The maximum atomic E-state index is 12.0. The van der Waals surface area contributed by atoms with Gasteiger partial charge in [0, 0.05) is 19.8 Å². The molecule has 0 aliphatic carbocycles. The first kappa shape index (κ1) is 33.5. The predicted octanol–water partition coefficient (Wildman–Crippen LogP) is 4.47. The maximum Gasteiger partial charge on any atom is 0.408 e. The third-order valence-corrected chi connectivity index (χ3v) is 6.29. The lowest BCUT2D eigenvalue weighted by Crippen LogP contribution is -2.43. The summed E-state index contributed by atoms with van der Waals surface area (Å²) in [6.07, 6.45) is 1.08. The molecule has 2 unspecified atom stereocenters. The Labute approximate surface area is 247 Å². The van der Waals surface area contributed by atoms with Gasteiger partial charge in [-0.1, -0.05) is 91.3 Å². The molecule has 9 heteroatoms. The average Bonchev–Trinajstić information content (AvgIpc) is 3.00. The van der Waals surface area contributed by atoms with Crippen LogP contribution in [-0.2, 0) is 54.5 Å². The van der Waals surface area contributed by atoms with Crippen molar-refractivity contribution in [3.05, 3.63) is 107 Å². The number of benzene rings is 3. The topological polar surface area (TPSA) is 120 Å². The lowest BCUT2D eigenvalue weighted by molar-refractivity contribution is -0.145. The van der Waals surface area contributed by atoms with Crippen molar-refractivity contribution in [2.75, 3.05) is 14.2 Å². The van der Waals surface area contributed by atoms with Crippen molar-refractivity contribution in [3.8, 4) is 0 Å². The van der Waals surface area contributed by atoms with Gasteiger partial charge in [-0.05, 0) is 35.6 Å². The number of hydrogen-bond donors (Lipinski definition) is 2. The largest absolute Gasteiger partial charge is 0.467 e. The van der Waals surface area contributed by atoms with Gasteiger partial charge in [0.15, 0.2) is 0 Å². The van der Waals surface area contributed by atoms with E-state index in [-0.39, 0.29) is 12.5 Å². The number of amides is 2. The third-order valence-electron chi connectivity index (χ3n) is 6.29. The molecule has 0 aliphatic rings. The number of carbonyl (C=O) groups excluding carboxylic acids is 4. The second-order valence-electron chi connectivity index (χ2n) is 9.62. The fourth-order valence-corrected chi connectivity index (χ4v) is 3.93. The second kappa shape index (κ2) is 17.9. The minimum Gasteiger partial charge on any atom is -0.467 e. The van der Waals surface area contributed by atoms with E-state index in [0.29, 0.717) is 12.8 Å². The summed E-state index contributed by atoms with van der Waals surface area (Å²) in [6, 6.07) is 23.7. The highest BCUT2D eigenvalue weighted by Crippen LogP contribution is 2.10. The number of rotatable bonds is 11. The summed E-state index contributed by atoms with van der Waals surface area (Å²) in [5.74, 6) is -1.18. The van der Waals surface area contributed by atoms with Gasteiger partial charge in [-0.2, -0.15) is 0 Å². The molecule has 2 amide bonds. The van der Waals surface area contributed by atoms with Gasteiger partial charge in [-0.15, -0.1) is 0 Å². The van der Waals surface area contributed by atoms with Gasteiger partial charge in [0.25, 0.3) is 0 Å². The summed E-state index contributed by atoms with van der Waals surface area (Å²) < 4.78 is 14.6. The standard InChI is InChI=1S/C20H23NO4.C13H17NO3/c1-3-15-9-11-16(12-10-15)13-18(19(22)24-2)21-20(23)25-14-17-7-5-4-6-8-17;1-9-4-6-11(7-5-9)8-12(13(16)17-3)14-10(2)15/h4-12,18H,3,13-14H2,1-2H3,(H,21,23);4-7,12H,8H2,1-3H3,(H,14,15). The highest BCUT2D eigenvalue weighted by atomic mass is 16.6. The first-order valence-electron chi connectivity index (χ1n) is 13.7. The molecule has 0 heterocycles. The van der Waals surface area contributed by atoms with Crippen LogP contribution in [0.25, 0.3) is 0 Å². The number of aryl methyl sites for hydroxylation is 2. The Morgan fingerprint density at radius 2 is 1.14 bits per heavy atom. The van der Waals surface area contributed by atoms with E-state index in [1.807, 2.05) is 85.8 Å². The predicted molar refractivity (Wildman–Crippen MR) is 160 cm³/mol. The molecule has 0 fully saturated rings. The van der Waals surface area contributed by atoms with Crippen LogP contribution in [0.2, 0.25) is 0 Å². The van der Waals surface area contributed by atoms with Crippen molar-refractivity contribution >= 4 is 23.9 Å². The quantitative estimate of drug-likeness (QED) is 0.255. The van der Waals surface area contributed by atoms with Gasteiger partial charge < -0.3 is 24.8 Å². The molecule has 3 aromatic rings. The molecule has 0 aromatic heterocycles. The monoisotopic (exact) mass is 576 g/mol. The van der Waals surface area contributed by atoms with E-state index >= 15 is 0 Å². The van der Waals surface area contributed by atoms with E-state index in [9.17, 15) is 19.2 Å². The van der Waals surface area contributed by atoms with Crippen LogP contribution < -0.4 is 10.6 Å². The maximum absolute atomic E-state index is 12.0. The normalized spacial score (nSPS) is 11.5. The zero-order chi connectivity index (χ0) is 30.9. The molecule has 0 radical (unpaired) electrons. The lowest BCUT2D eigenvalue weighted by atomic mass is 10.0. The van der Waals surface area contributed by atoms with Crippen molar-refractivity contribution in [2.45, 2.75) is 58.7 Å². The molecule has 3 rings (SSSR count). The molecule has 224 valence electrons. The van der Waals surface area contributed by atoms with Crippen LogP contribution in [-0.4, -0.2) is 50.2 Å². The zero-order valence-corrected chi connectivity index (χ0v) is 24.8. The van der Waals surface area contributed by atoms with Gasteiger partial charge in [-0.3, -0.25) is 4.79 Å². The highest BCUT2D eigenvalue weighted by molar-refractivity contribution is 5.83. The number of nitrogens with one attached hydrogen (secondary N) is 2. The minimum atomic E-state index is -0.791. The van der Waals surface area contributed by atoms with E-state index in [0.717, 1.165) is 28.7 Å². The van der Waals surface area contributed by atoms with Crippen molar-refractivity contribution in [1.82, 2.24) is 10.6 Å². The van der Waals surface area contributed by atoms with Crippen LogP contribution in [0.5, 0.6) is 0 Å². The molecular weight excluding hydrogens is 536 g/mol. The first-order valence-corrected chi connectivity index (χ1v) is 13.7. The van der Waals surface area contributed by atoms with Crippen LogP contribution in [0.3, 0.4) is 0 Å². The summed E-state index contributed by atoms with van der Waals surface area (Å²) in [5.41, 5.74) is 5.18. The Balaban J connectivity index is 0.000000317. The van der Waals surface area contributed by atoms with E-state index in [1.165, 1.54) is 26.7 Å². The van der Waals surface area contributed by atoms with Crippen LogP contribution in [0.15, 0.2) is 78.9 Å². The summed E-state index contributed by atoms with van der Waals surface area (Å²) in [4.78, 5) is 46.4. The van der Waals surface area contributed by atoms with Crippen molar-refractivity contribution < 1.29 is 33.4 Å². The molecule has 0 saturated carbocycles. The molecule has 0 spiro atoms. The van der Waals surface area contributed by atoms with Crippen LogP contribution in [0, 0.1) is 6.92 Å². The van der Waals surface area contributed by atoms with Crippen molar-refractivity contribution in [3.63, 3.8) is 0 Å². The Bertz CT molecular complexity index is 1280.